The molecule has 1 heterocycles. The van der Waals surface area contributed by atoms with Gasteiger partial charge in [0.1, 0.15) is 0 Å². The lowest BCUT2D eigenvalue weighted by atomic mass is 10.1. The first kappa shape index (κ1) is 16.9. The Kier molecular flexibility index (Phi) is 4.42. The Balaban J connectivity index is 1.97. The van der Waals surface area contributed by atoms with Crippen LogP contribution in [0, 0.1) is 6.92 Å². The van der Waals surface area contributed by atoms with Crippen LogP contribution in [-0.2, 0) is 0 Å². The van der Waals surface area contributed by atoms with Crippen molar-refractivity contribution in [2.75, 3.05) is 11.9 Å². The average molecular weight is 354 g/mol. The number of aryl methyl sites for hydroxylation is 1. The number of hydrogen-bond acceptors (Lipinski definition) is 3. The third kappa shape index (κ3) is 3.32. The molecule has 0 unspecified atom stereocenters. The summed E-state index contributed by atoms with van der Waals surface area (Å²) in [7, 11) is 1.67. The maximum atomic E-state index is 12.9. The minimum Gasteiger partial charge on any atom is -0.366 e. The topological polar surface area (TPSA) is 76.3 Å². The number of nitrogens with zero attached hydrogens (tertiary/aromatic N) is 2. The summed E-state index contributed by atoms with van der Waals surface area (Å²) < 4.78 is 0. The second-order valence-electron chi connectivity index (χ2n) is 5.73. The standard InChI is InChI=1S/C19H16ClN3O2/c1-11-16(10-13-9-14(20)5-8-17(13)22-11)19(25)23(2)15-6-3-12(4-7-15)18(21)24/h3-10H,1-2H3,(H2,21,24). The Morgan fingerprint density at radius 2 is 1.76 bits per heavy atom. The van der Waals surface area contributed by atoms with Crippen LogP contribution in [0.5, 0.6) is 0 Å². The number of fused-ring (bicyclic) bond motifs is 1. The van der Waals surface area contributed by atoms with Gasteiger partial charge in [0.05, 0.1) is 16.8 Å². The zero-order chi connectivity index (χ0) is 18.1. The van der Waals surface area contributed by atoms with Crippen molar-refractivity contribution in [3.05, 3.63) is 70.4 Å². The molecule has 0 aliphatic heterocycles. The van der Waals surface area contributed by atoms with E-state index in [1.165, 1.54) is 4.90 Å². The molecule has 2 N–H and O–H groups in total. The van der Waals surface area contributed by atoms with Crippen LogP contribution < -0.4 is 10.6 Å². The third-order valence-electron chi connectivity index (χ3n) is 4.04. The van der Waals surface area contributed by atoms with Gasteiger partial charge in [0.25, 0.3) is 5.91 Å². The molecule has 1 aromatic heterocycles. The highest BCUT2D eigenvalue weighted by atomic mass is 35.5. The number of benzene rings is 2. The van der Waals surface area contributed by atoms with Crippen LogP contribution in [0.4, 0.5) is 5.69 Å². The van der Waals surface area contributed by atoms with E-state index < -0.39 is 5.91 Å². The molecule has 0 radical (unpaired) electrons. The lowest BCUT2D eigenvalue weighted by molar-refractivity contribution is 0.0988. The SMILES string of the molecule is Cc1nc2ccc(Cl)cc2cc1C(=O)N(C)c1ccc(C(N)=O)cc1. The summed E-state index contributed by atoms with van der Waals surface area (Å²) in [5, 5.41) is 1.39. The molecule has 0 saturated carbocycles. The van der Waals surface area contributed by atoms with Crippen LogP contribution in [0.3, 0.4) is 0 Å². The van der Waals surface area contributed by atoms with Crippen molar-refractivity contribution in [3.8, 4) is 0 Å². The number of amides is 2. The summed E-state index contributed by atoms with van der Waals surface area (Å²) in [4.78, 5) is 30.0. The first-order chi connectivity index (χ1) is 11.9. The molecule has 5 nitrogen and oxygen atoms in total. The predicted molar refractivity (Wildman–Crippen MR) is 99.2 cm³/mol. The van der Waals surface area contributed by atoms with Gasteiger partial charge in [0.15, 0.2) is 0 Å². The summed E-state index contributed by atoms with van der Waals surface area (Å²) in [5.41, 5.74) is 8.20. The molecule has 3 aromatic rings. The van der Waals surface area contributed by atoms with Crippen molar-refractivity contribution in [1.82, 2.24) is 4.98 Å². The van der Waals surface area contributed by atoms with Crippen LogP contribution >= 0.6 is 11.6 Å². The van der Waals surface area contributed by atoms with Crippen LogP contribution in [0.15, 0.2) is 48.5 Å². The first-order valence-corrected chi connectivity index (χ1v) is 7.99. The number of hydrogen-bond donors (Lipinski definition) is 1. The number of aromatic nitrogens is 1. The number of nitrogens with two attached hydrogens (primary N) is 1. The van der Waals surface area contributed by atoms with Gasteiger partial charge in [-0.2, -0.15) is 0 Å². The minimum atomic E-state index is -0.507. The van der Waals surface area contributed by atoms with E-state index in [9.17, 15) is 9.59 Å². The third-order valence-corrected chi connectivity index (χ3v) is 4.28. The van der Waals surface area contributed by atoms with E-state index in [4.69, 9.17) is 17.3 Å². The number of halogens is 1. The van der Waals surface area contributed by atoms with Gasteiger partial charge in [-0.3, -0.25) is 14.6 Å². The van der Waals surface area contributed by atoms with Crippen LogP contribution in [0.1, 0.15) is 26.4 Å². The average Bonchev–Trinajstić information content (AvgIpc) is 2.60. The van der Waals surface area contributed by atoms with Gasteiger partial charge in [0.2, 0.25) is 5.91 Å². The van der Waals surface area contributed by atoms with E-state index >= 15 is 0 Å². The predicted octanol–water partition coefficient (Wildman–Crippen LogP) is 3.57. The largest absolute Gasteiger partial charge is 0.366 e. The summed E-state index contributed by atoms with van der Waals surface area (Å²) in [6.45, 7) is 1.80. The second-order valence-corrected chi connectivity index (χ2v) is 6.17. The molecular formula is C19H16ClN3O2. The van der Waals surface area contributed by atoms with Gasteiger partial charge in [-0.1, -0.05) is 11.6 Å². The quantitative estimate of drug-likeness (QED) is 0.782. The van der Waals surface area contributed by atoms with Gasteiger partial charge in [-0.15, -0.1) is 0 Å². The van der Waals surface area contributed by atoms with Gasteiger partial charge in [-0.05, 0) is 55.5 Å². The number of carbonyl (C=O) groups is 2. The van der Waals surface area contributed by atoms with Gasteiger partial charge in [0, 0.05) is 28.7 Å². The zero-order valence-corrected chi connectivity index (χ0v) is 14.5. The number of carbonyl (C=O) groups excluding carboxylic acids is 2. The van der Waals surface area contributed by atoms with Gasteiger partial charge < -0.3 is 10.6 Å². The number of primary amides is 1. The molecule has 0 bridgehead atoms. The molecule has 0 fully saturated rings. The van der Waals surface area contributed by atoms with Crippen molar-refractivity contribution in [3.63, 3.8) is 0 Å². The van der Waals surface area contributed by atoms with Crippen molar-refractivity contribution in [2.45, 2.75) is 6.92 Å². The molecular weight excluding hydrogens is 338 g/mol. The molecule has 2 aromatic carbocycles. The fraction of sp³-hybridized carbons (Fsp3) is 0.105. The molecule has 6 heteroatoms. The second kappa shape index (κ2) is 6.53. The van der Waals surface area contributed by atoms with E-state index in [0.29, 0.717) is 27.5 Å². The molecule has 0 saturated heterocycles. The van der Waals surface area contributed by atoms with Crippen LogP contribution in [-0.4, -0.2) is 23.8 Å². The molecule has 25 heavy (non-hydrogen) atoms. The molecule has 0 aliphatic rings. The molecule has 2 amide bonds. The first-order valence-electron chi connectivity index (χ1n) is 7.61. The van der Waals surface area contributed by atoms with E-state index in [1.807, 2.05) is 6.07 Å². The van der Waals surface area contributed by atoms with Gasteiger partial charge in [-0.25, -0.2) is 0 Å². The smallest absolute Gasteiger partial charge is 0.259 e. The van der Waals surface area contributed by atoms with E-state index in [2.05, 4.69) is 4.98 Å². The maximum Gasteiger partial charge on any atom is 0.259 e. The molecule has 0 atom stereocenters. The van der Waals surface area contributed by atoms with Crippen molar-refractivity contribution in [2.24, 2.45) is 5.73 Å². The number of anilines is 1. The maximum absolute atomic E-state index is 12.9. The Morgan fingerprint density at radius 1 is 1.08 bits per heavy atom. The monoisotopic (exact) mass is 353 g/mol. The van der Waals surface area contributed by atoms with Crippen molar-refractivity contribution >= 4 is 40.0 Å². The number of rotatable bonds is 3. The fourth-order valence-corrected chi connectivity index (χ4v) is 2.79. The summed E-state index contributed by atoms with van der Waals surface area (Å²) >= 11 is 6.03. The van der Waals surface area contributed by atoms with Crippen molar-refractivity contribution in [1.29, 1.82) is 0 Å². The minimum absolute atomic E-state index is 0.196. The Morgan fingerprint density at radius 3 is 2.40 bits per heavy atom. The highest BCUT2D eigenvalue weighted by Crippen LogP contribution is 2.23. The van der Waals surface area contributed by atoms with Crippen LogP contribution in [0.25, 0.3) is 10.9 Å². The van der Waals surface area contributed by atoms with E-state index in [0.717, 1.165) is 10.9 Å². The summed E-state index contributed by atoms with van der Waals surface area (Å²) in [6.07, 6.45) is 0. The lowest BCUT2D eigenvalue weighted by Crippen LogP contribution is -2.27. The normalized spacial score (nSPS) is 10.7. The molecule has 0 spiro atoms. The highest BCUT2D eigenvalue weighted by molar-refractivity contribution is 6.31. The molecule has 126 valence electrons. The van der Waals surface area contributed by atoms with Crippen LogP contribution in [0.2, 0.25) is 5.02 Å². The number of pyridine rings is 1. The Labute approximate surface area is 150 Å². The van der Waals surface area contributed by atoms with E-state index in [1.54, 1.807) is 56.4 Å². The highest BCUT2D eigenvalue weighted by Gasteiger charge is 2.18. The lowest BCUT2D eigenvalue weighted by Gasteiger charge is -2.19. The van der Waals surface area contributed by atoms with Gasteiger partial charge >= 0.3 is 0 Å². The van der Waals surface area contributed by atoms with Crippen molar-refractivity contribution < 1.29 is 9.59 Å². The molecule has 3 rings (SSSR count). The van der Waals surface area contributed by atoms with E-state index in [-0.39, 0.29) is 5.91 Å². The summed E-state index contributed by atoms with van der Waals surface area (Å²) in [6, 6.07) is 13.7. The fourth-order valence-electron chi connectivity index (χ4n) is 2.61. The molecule has 0 aliphatic carbocycles. The Bertz CT molecular complexity index is 984. The summed E-state index contributed by atoms with van der Waals surface area (Å²) in [5.74, 6) is -0.703. The zero-order valence-electron chi connectivity index (χ0n) is 13.8. The Hall–Kier alpha value is -2.92.